The van der Waals surface area contributed by atoms with E-state index in [1.807, 2.05) is 48.5 Å². The molecule has 0 fully saturated rings. The highest BCUT2D eigenvalue weighted by Crippen LogP contribution is 2.26. The Morgan fingerprint density at radius 1 is 1.03 bits per heavy atom. The molecule has 0 radical (unpaired) electrons. The number of hydrogen-bond acceptors (Lipinski definition) is 5. The van der Waals surface area contributed by atoms with Crippen molar-refractivity contribution in [3.05, 3.63) is 72.3 Å². The van der Waals surface area contributed by atoms with Gasteiger partial charge in [-0.25, -0.2) is 4.98 Å². The predicted molar refractivity (Wildman–Crippen MR) is 124 cm³/mol. The van der Waals surface area contributed by atoms with Crippen molar-refractivity contribution in [3.63, 3.8) is 0 Å². The van der Waals surface area contributed by atoms with Crippen LogP contribution >= 0.6 is 0 Å². The summed E-state index contributed by atoms with van der Waals surface area (Å²) in [5, 5.41) is 11.3. The molecule has 0 spiro atoms. The zero-order chi connectivity index (χ0) is 21.9. The normalized spacial score (nSPS) is 11.1. The molecule has 160 valence electrons. The van der Waals surface area contributed by atoms with Crippen LogP contribution in [0.4, 0.5) is 5.69 Å². The van der Waals surface area contributed by atoms with Crippen LogP contribution in [0.2, 0.25) is 0 Å². The molecule has 2 heterocycles. The fourth-order valence-corrected chi connectivity index (χ4v) is 3.58. The Bertz CT molecular complexity index is 1400. The Kier molecular flexibility index (Phi) is 5.17. The summed E-state index contributed by atoms with van der Waals surface area (Å²) in [6.45, 7) is 0.997. The molecule has 2 aromatic heterocycles. The molecule has 0 bridgehead atoms. The van der Waals surface area contributed by atoms with E-state index in [4.69, 9.17) is 10.5 Å². The van der Waals surface area contributed by atoms with Crippen molar-refractivity contribution >= 4 is 33.5 Å². The lowest BCUT2D eigenvalue weighted by Crippen LogP contribution is -2.25. The minimum absolute atomic E-state index is 0.141. The van der Waals surface area contributed by atoms with Crippen LogP contribution in [0.3, 0.4) is 0 Å². The molecular formula is C24H22N6O2. The molecule has 8 nitrogen and oxygen atoms in total. The van der Waals surface area contributed by atoms with Crippen LogP contribution in [-0.4, -0.2) is 39.2 Å². The molecule has 5 aromatic rings. The van der Waals surface area contributed by atoms with Gasteiger partial charge in [0.2, 0.25) is 0 Å². The van der Waals surface area contributed by atoms with E-state index < -0.39 is 0 Å². The number of nitrogen functional groups attached to an aromatic ring is 1. The first-order valence-corrected chi connectivity index (χ1v) is 10.4. The van der Waals surface area contributed by atoms with Gasteiger partial charge in [0.1, 0.15) is 11.4 Å². The molecule has 8 heteroatoms. The van der Waals surface area contributed by atoms with Crippen LogP contribution in [0.25, 0.3) is 33.5 Å². The number of nitrogens with two attached hydrogens (primary N) is 1. The fraction of sp³-hybridized carbons (Fsp3) is 0.125. The zero-order valence-electron chi connectivity index (χ0n) is 17.3. The molecule has 32 heavy (non-hydrogen) atoms. The van der Waals surface area contributed by atoms with Gasteiger partial charge < -0.3 is 20.8 Å². The van der Waals surface area contributed by atoms with Gasteiger partial charge in [0.15, 0.2) is 5.82 Å². The van der Waals surface area contributed by atoms with Gasteiger partial charge in [0.25, 0.3) is 5.91 Å². The molecule has 0 saturated carbocycles. The zero-order valence-corrected chi connectivity index (χ0v) is 17.3. The van der Waals surface area contributed by atoms with Crippen molar-refractivity contribution in [2.24, 2.45) is 0 Å². The summed E-state index contributed by atoms with van der Waals surface area (Å²) in [4.78, 5) is 20.5. The number of aromatic amines is 2. The first-order chi connectivity index (χ1) is 15.7. The number of nitrogens with one attached hydrogen (secondary N) is 3. The van der Waals surface area contributed by atoms with Crippen LogP contribution in [0, 0.1) is 0 Å². The van der Waals surface area contributed by atoms with Gasteiger partial charge in [0.05, 0.1) is 23.2 Å². The second-order valence-corrected chi connectivity index (χ2v) is 7.47. The predicted octanol–water partition coefficient (Wildman–Crippen LogP) is 3.89. The average Bonchev–Trinajstić information content (AvgIpc) is 3.42. The van der Waals surface area contributed by atoms with Gasteiger partial charge in [-0.3, -0.25) is 9.89 Å². The van der Waals surface area contributed by atoms with E-state index in [-0.39, 0.29) is 5.91 Å². The number of carbonyl (C=O) groups is 1. The van der Waals surface area contributed by atoms with E-state index in [9.17, 15) is 4.79 Å². The molecule has 0 saturated heterocycles. The molecular weight excluding hydrogens is 404 g/mol. The van der Waals surface area contributed by atoms with Crippen molar-refractivity contribution in [2.75, 3.05) is 18.9 Å². The van der Waals surface area contributed by atoms with Crippen molar-refractivity contribution in [2.45, 2.75) is 6.42 Å². The highest BCUT2D eigenvalue weighted by molar-refractivity contribution is 5.98. The first kappa shape index (κ1) is 19.6. The molecule has 5 rings (SSSR count). The van der Waals surface area contributed by atoms with Crippen LogP contribution < -0.4 is 15.8 Å². The maximum atomic E-state index is 12.6. The smallest absolute Gasteiger partial charge is 0.251 e. The van der Waals surface area contributed by atoms with Gasteiger partial charge >= 0.3 is 0 Å². The largest absolute Gasteiger partial charge is 0.493 e. The maximum absolute atomic E-state index is 12.6. The lowest BCUT2D eigenvalue weighted by atomic mass is 10.2. The van der Waals surface area contributed by atoms with Gasteiger partial charge in [-0.2, -0.15) is 5.10 Å². The van der Waals surface area contributed by atoms with Crippen LogP contribution in [0.15, 0.2) is 66.7 Å². The van der Waals surface area contributed by atoms with Crippen molar-refractivity contribution in [3.8, 4) is 17.3 Å². The van der Waals surface area contributed by atoms with Crippen molar-refractivity contribution in [1.82, 2.24) is 25.5 Å². The summed E-state index contributed by atoms with van der Waals surface area (Å²) in [5.74, 6) is 1.24. The Hall–Kier alpha value is -4.33. The number of amides is 1. The summed E-state index contributed by atoms with van der Waals surface area (Å²) in [5.41, 5.74) is 10.2. The van der Waals surface area contributed by atoms with Crippen molar-refractivity contribution in [1.29, 1.82) is 0 Å². The number of anilines is 1. The quantitative estimate of drug-likeness (QED) is 0.232. The van der Waals surface area contributed by atoms with E-state index in [2.05, 4.69) is 25.5 Å². The number of rotatable bonds is 7. The monoisotopic (exact) mass is 426 g/mol. The topological polar surface area (TPSA) is 122 Å². The van der Waals surface area contributed by atoms with Crippen molar-refractivity contribution < 1.29 is 9.53 Å². The summed E-state index contributed by atoms with van der Waals surface area (Å²) in [7, 11) is 0. The second kappa shape index (κ2) is 8.43. The third-order valence-corrected chi connectivity index (χ3v) is 5.17. The van der Waals surface area contributed by atoms with E-state index in [0.717, 1.165) is 33.4 Å². The van der Waals surface area contributed by atoms with Gasteiger partial charge in [0, 0.05) is 29.2 Å². The Morgan fingerprint density at radius 2 is 1.94 bits per heavy atom. The standard InChI is InChI=1S/C24H22N6O2/c25-16-5-3-6-17(14-16)32-12-4-11-26-24(31)15-9-10-20-21(13-15)28-23(27-20)22-18-7-1-2-8-19(18)29-30-22/h1-3,5-10,13-14H,4,11-12,25H2,(H,26,31)(H,27,28)(H,29,30). The summed E-state index contributed by atoms with van der Waals surface area (Å²) < 4.78 is 5.65. The van der Waals surface area contributed by atoms with Crippen LogP contribution in [-0.2, 0) is 0 Å². The minimum atomic E-state index is -0.141. The van der Waals surface area contributed by atoms with E-state index >= 15 is 0 Å². The number of hydrogen-bond donors (Lipinski definition) is 4. The highest BCUT2D eigenvalue weighted by atomic mass is 16.5. The lowest BCUT2D eigenvalue weighted by molar-refractivity contribution is 0.0951. The second-order valence-electron chi connectivity index (χ2n) is 7.47. The molecule has 5 N–H and O–H groups in total. The maximum Gasteiger partial charge on any atom is 0.251 e. The molecule has 3 aromatic carbocycles. The third-order valence-electron chi connectivity index (χ3n) is 5.17. The number of imidazole rings is 1. The number of nitrogens with zero attached hydrogens (tertiary/aromatic N) is 2. The van der Waals surface area contributed by atoms with Gasteiger partial charge in [-0.05, 0) is 42.8 Å². The number of benzene rings is 3. The minimum Gasteiger partial charge on any atom is -0.493 e. The number of H-pyrrole nitrogens is 2. The SMILES string of the molecule is Nc1cccc(OCCCNC(=O)c2ccc3nc(-c4n[nH]c5ccccc45)[nH]c3c2)c1. The highest BCUT2D eigenvalue weighted by Gasteiger charge is 2.13. The molecule has 0 aliphatic carbocycles. The Balaban J connectivity index is 1.22. The molecule has 0 aliphatic rings. The lowest BCUT2D eigenvalue weighted by Gasteiger charge is -2.08. The van der Waals surface area contributed by atoms with Crippen LogP contribution in [0.1, 0.15) is 16.8 Å². The van der Waals surface area contributed by atoms with E-state index in [1.165, 1.54) is 0 Å². The molecule has 1 amide bonds. The van der Waals surface area contributed by atoms with Gasteiger partial charge in [-0.1, -0.05) is 24.3 Å². The Labute approximate surface area is 183 Å². The number of aromatic nitrogens is 4. The molecule has 0 atom stereocenters. The number of ether oxygens (including phenoxy) is 1. The summed E-state index contributed by atoms with van der Waals surface area (Å²) in [6, 6.07) is 20.6. The molecule has 0 unspecified atom stereocenters. The number of carbonyl (C=O) groups excluding carboxylic acids is 1. The summed E-state index contributed by atoms with van der Waals surface area (Å²) in [6.07, 6.45) is 0.684. The first-order valence-electron chi connectivity index (χ1n) is 10.4. The third kappa shape index (κ3) is 3.98. The van der Waals surface area contributed by atoms with E-state index in [0.29, 0.717) is 36.6 Å². The summed E-state index contributed by atoms with van der Waals surface area (Å²) >= 11 is 0. The van der Waals surface area contributed by atoms with Gasteiger partial charge in [-0.15, -0.1) is 0 Å². The van der Waals surface area contributed by atoms with Crippen LogP contribution in [0.5, 0.6) is 5.75 Å². The fourth-order valence-electron chi connectivity index (χ4n) is 3.58. The number of para-hydroxylation sites is 1. The van der Waals surface area contributed by atoms with E-state index in [1.54, 1.807) is 18.2 Å². The molecule has 0 aliphatic heterocycles. The Morgan fingerprint density at radius 3 is 2.84 bits per heavy atom. The number of fused-ring (bicyclic) bond motifs is 2. The average molecular weight is 426 g/mol.